The molecule has 0 radical (unpaired) electrons. The first-order valence-electron chi connectivity index (χ1n) is 6.03. The van der Waals surface area contributed by atoms with E-state index in [2.05, 4.69) is 25.7 Å². The third kappa shape index (κ3) is 3.09. The summed E-state index contributed by atoms with van der Waals surface area (Å²) in [7, 11) is 0. The molecule has 1 saturated carbocycles. The van der Waals surface area contributed by atoms with Gasteiger partial charge in [-0.05, 0) is 32.1 Å². The lowest BCUT2D eigenvalue weighted by atomic mass is 9.74. The van der Waals surface area contributed by atoms with Crippen LogP contribution in [-0.4, -0.2) is 5.78 Å². The van der Waals surface area contributed by atoms with Gasteiger partial charge < -0.3 is 0 Å². The van der Waals surface area contributed by atoms with Crippen LogP contribution >= 0.6 is 0 Å². The van der Waals surface area contributed by atoms with E-state index in [0.29, 0.717) is 18.1 Å². The summed E-state index contributed by atoms with van der Waals surface area (Å²) in [6, 6.07) is 0. The lowest BCUT2D eigenvalue weighted by Crippen LogP contribution is -2.29. The molecule has 15 heavy (non-hydrogen) atoms. The molecule has 0 spiro atoms. The molecule has 84 valence electrons. The topological polar surface area (TPSA) is 17.1 Å². The van der Waals surface area contributed by atoms with Gasteiger partial charge in [-0.15, -0.1) is 5.92 Å². The summed E-state index contributed by atoms with van der Waals surface area (Å²) in [6.45, 7) is 6.22. The standard InChI is InChI=1S/C14H22O/c1-4-5-8-13(15)14(11-12(2)3)9-6-7-10-14/h12H,6-11H2,1-3H3. The van der Waals surface area contributed by atoms with Gasteiger partial charge in [0, 0.05) is 5.41 Å². The Labute approximate surface area is 93.6 Å². The van der Waals surface area contributed by atoms with Crippen molar-refractivity contribution < 1.29 is 4.79 Å². The second-order valence-electron chi connectivity index (χ2n) is 5.11. The van der Waals surface area contributed by atoms with Crippen LogP contribution in [0.2, 0.25) is 0 Å². The molecular formula is C14H22O. The zero-order valence-electron chi connectivity index (χ0n) is 10.2. The highest BCUT2D eigenvalue weighted by molar-refractivity contribution is 5.87. The SMILES string of the molecule is CC#CCC(=O)C1(CC(C)C)CCCC1. The Hall–Kier alpha value is -0.770. The molecule has 1 rings (SSSR count). The summed E-state index contributed by atoms with van der Waals surface area (Å²) in [4.78, 5) is 12.2. The van der Waals surface area contributed by atoms with E-state index in [-0.39, 0.29) is 5.41 Å². The number of hydrogen-bond acceptors (Lipinski definition) is 1. The van der Waals surface area contributed by atoms with Crippen molar-refractivity contribution in [1.29, 1.82) is 0 Å². The minimum Gasteiger partial charge on any atom is -0.298 e. The Bertz CT molecular complexity index is 271. The van der Waals surface area contributed by atoms with Crippen molar-refractivity contribution in [2.45, 2.75) is 59.3 Å². The predicted molar refractivity (Wildman–Crippen MR) is 63.4 cm³/mol. The first-order chi connectivity index (χ1) is 7.10. The molecule has 0 N–H and O–H groups in total. The van der Waals surface area contributed by atoms with E-state index in [4.69, 9.17) is 0 Å². The zero-order valence-corrected chi connectivity index (χ0v) is 10.2. The fourth-order valence-electron chi connectivity index (χ4n) is 2.79. The van der Waals surface area contributed by atoms with Crippen molar-refractivity contribution in [3.05, 3.63) is 0 Å². The predicted octanol–water partition coefficient (Wildman–Crippen LogP) is 3.58. The third-order valence-electron chi connectivity index (χ3n) is 3.38. The highest BCUT2D eigenvalue weighted by Gasteiger charge is 2.40. The van der Waals surface area contributed by atoms with Crippen LogP contribution in [0.15, 0.2) is 0 Å². The van der Waals surface area contributed by atoms with Gasteiger partial charge in [-0.1, -0.05) is 32.6 Å². The first kappa shape index (κ1) is 12.3. The van der Waals surface area contributed by atoms with Gasteiger partial charge in [0.25, 0.3) is 0 Å². The number of rotatable bonds is 4. The van der Waals surface area contributed by atoms with Crippen LogP contribution in [0, 0.1) is 23.2 Å². The normalized spacial score (nSPS) is 18.7. The third-order valence-corrected chi connectivity index (χ3v) is 3.38. The van der Waals surface area contributed by atoms with E-state index in [1.165, 1.54) is 12.8 Å². The molecule has 0 aromatic carbocycles. The molecule has 0 bridgehead atoms. The van der Waals surface area contributed by atoms with Crippen molar-refractivity contribution in [3.8, 4) is 11.8 Å². The van der Waals surface area contributed by atoms with Crippen molar-refractivity contribution in [3.63, 3.8) is 0 Å². The van der Waals surface area contributed by atoms with E-state index in [1.54, 1.807) is 6.92 Å². The van der Waals surface area contributed by atoms with Crippen LogP contribution in [0.4, 0.5) is 0 Å². The van der Waals surface area contributed by atoms with E-state index in [9.17, 15) is 4.79 Å². The minimum atomic E-state index is -0.0159. The van der Waals surface area contributed by atoms with Crippen molar-refractivity contribution in [2.24, 2.45) is 11.3 Å². The van der Waals surface area contributed by atoms with Crippen LogP contribution in [0.3, 0.4) is 0 Å². The van der Waals surface area contributed by atoms with E-state index < -0.39 is 0 Å². The minimum absolute atomic E-state index is 0.0159. The van der Waals surface area contributed by atoms with Crippen molar-refractivity contribution >= 4 is 5.78 Å². The molecule has 0 saturated heterocycles. The number of carbonyl (C=O) groups excluding carboxylic acids is 1. The molecule has 0 aromatic rings. The van der Waals surface area contributed by atoms with Crippen molar-refractivity contribution in [1.82, 2.24) is 0 Å². The number of ketones is 1. The lowest BCUT2D eigenvalue weighted by molar-refractivity contribution is -0.128. The van der Waals surface area contributed by atoms with Gasteiger partial charge in [0.2, 0.25) is 0 Å². The summed E-state index contributed by atoms with van der Waals surface area (Å²) in [5.41, 5.74) is -0.0159. The Kier molecular flexibility index (Phi) is 4.39. The van der Waals surface area contributed by atoms with E-state index in [1.807, 2.05) is 0 Å². The molecule has 0 aromatic heterocycles. The maximum Gasteiger partial charge on any atom is 0.150 e. The fraction of sp³-hybridized carbons (Fsp3) is 0.786. The lowest BCUT2D eigenvalue weighted by Gasteiger charge is -2.28. The van der Waals surface area contributed by atoms with Crippen LogP contribution in [-0.2, 0) is 4.79 Å². The highest BCUT2D eigenvalue weighted by Crippen LogP contribution is 2.44. The summed E-state index contributed by atoms with van der Waals surface area (Å²) in [6.07, 6.45) is 6.14. The number of Topliss-reactive ketones (excluding diaryl/α,β-unsaturated/α-hetero) is 1. The summed E-state index contributed by atoms with van der Waals surface area (Å²) in [5.74, 6) is 6.75. The molecule has 1 nitrogen and oxygen atoms in total. The van der Waals surface area contributed by atoms with Gasteiger partial charge in [0.1, 0.15) is 0 Å². The molecule has 0 amide bonds. The van der Waals surface area contributed by atoms with E-state index in [0.717, 1.165) is 19.3 Å². The first-order valence-corrected chi connectivity index (χ1v) is 6.03. The maximum absolute atomic E-state index is 12.2. The second kappa shape index (κ2) is 5.35. The largest absolute Gasteiger partial charge is 0.298 e. The average Bonchev–Trinajstić information content (AvgIpc) is 2.62. The smallest absolute Gasteiger partial charge is 0.150 e. The molecular weight excluding hydrogens is 184 g/mol. The van der Waals surface area contributed by atoms with Crippen molar-refractivity contribution in [2.75, 3.05) is 0 Å². The molecule has 1 aliphatic rings. The van der Waals surface area contributed by atoms with Crippen LogP contribution in [0.25, 0.3) is 0 Å². The highest BCUT2D eigenvalue weighted by atomic mass is 16.1. The fourth-order valence-corrected chi connectivity index (χ4v) is 2.79. The molecule has 0 heterocycles. The van der Waals surface area contributed by atoms with Gasteiger partial charge in [0.15, 0.2) is 5.78 Å². The molecule has 1 fully saturated rings. The molecule has 0 unspecified atom stereocenters. The quantitative estimate of drug-likeness (QED) is 0.643. The van der Waals surface area contributed by atoms with Gasteiger partial charge in [-0.2, -0.15) is 0 Å². The number of hydrogen-bond donors (Lipinski definition) is 0. The summed E-state index contributed by atoms with van der Waals surface area (Å²) >= 11 is 0. The maximum atomic E-state index is 12.2. The zero-order chi connectivity index (χ0) is 11.3. The second-order valence-corrected chi connectivity index (χ2v) is 5.11. The van der Waals surface area contributed by atoms with Crippen LogP contribution in [0.5, 0.6) is 0 Å². The Balaban J connectivity index is 2.70. The summed E-state index contributed by atoms with van der Waals surface area (Å²) in [5, 5.41) is 0. The van der Waals surface area contributed by atoms with Gasteiger partial charge in [-0.25, -0.2) is 0 Å². The van der Waals surface area contributed by atoms with Gasteiger partial charge in [-0.3, -0.25) is 4.79 Å². The Morgan fingerprint density at radius 2 is 1.93 bits per heavy atom. The van der Waals surface area contributed by atoms with Crippen LogP contribution < -0.4 is 0 Å². The van der Waals surface area contributed by atoms with E-state index >= 15 is 0 Å². The Morgan fingerprint density at radius 1 is 1.33 bits per heavy atom. The monoisotopic (exact) mass is 206 g/mol. The molecule has 1 heteroatoms. The molecule has 0 atom stereocenters. The summed E-state index contributed by atoms with van der Waals surface area (Å²) < 4.78 is 0. The molecule has 1 aliphatic carbocycles. The number of carbonyl (C=O) groups is 1. The van der Waals surface area contributed by atoms with Crippen LogP contribution in [0.1, 0.15) is 59.3 Å². The molecule has 0 aliphatic heterocycles. The van der Waals surface area contributed by atoms with Gasteiger partial charge in [0.05, 0.1) is 6.42 Å². The Morgan fingerprint density at radius 3 is 2.40 bits per heavy atom. The van der Waals surface area contributed by atoms with Gasteiger partial charge >= 0.3 is 0 Å². The average molecular weight is 206 g/mol.